The van der Waals surface area contributed by atoms with E-state index in [1.165, 1.54) is 11.3 Å². The van der Waals surface area contributed by atoms with E-state index in [9.17, 15) is 14.4 Å². The first-order valence-electron chi connectivity index (χ1n) is 14.9. The summed E-state index contributed by atoms with van der Waals surface area (Å²) in [6.45, 7) is 7.97. The van der Waals surface area contributed by atoms with Gasteiger partial charge in [0.05, 0.1) is 48.3 Å². The van der Waals surface area contributed by atoms with Crippen LogP contribution < -0.4 is 29.3 Å². The quantitative estimate of drug-likeness (QED) is 0.313. The summed E-state index contributed by atoms with van der Waals surface area (Å²) >= 11 is 1.25. The molecule has 1 aromatic heterocycles. The lowest BCUT2D eigenvalue weighted by Crippen LogP contribution is -2.43. The number of benzene rings is 2. The molecule has 0 saturated carbocycles. The lowest BCUT2D eigenvalue weighted by atomic mass is 9.95. The number of amides is 1. The first kappa shape index (κ1) is 32.0. The molecule has 11 nitrogen and oxygen atoms in total. The van der Waals surface area contributed by atoms with E-state index < -0.39 is 12.0 Å². The number of aromatic nitrogens is 1. The SMILES string of the molecule is CCOC(=O)C1=C(C)N=c2s/c(=C/c3ccc(OCC(=O)N4CCOCC4)c(OCC)c3)c(=O)n2[C@@H]1c1ccc(N(C)C)cc1. The average Bonchev–Trinajstić information content (AvgIpc) is 3.34. The highest BCUT2D eigenvalue weighted by atomic mass is 32.1. The van der Waals surface area contributed by atoms with Crippen LogP contribution in [0.25, 0.3) is 6.08 Å². The fourth-order valence-corrected chi connectivity index (χ4v) is 6.31. The largest absolute Gasteiger partial charge is 0.490 e. The second-order valence-electron chi connectivity index (χ2n) is 10.7. The molecule has 3 heterocycles. The van der Waals surface area contributed by atoms with Gasteiger partial charge in [0.15, 0.2) is 22.9 Å². The maximum absolute atomic E-state index is 14.0. The Morgan fingerprint density at radius 2 is 1.78 bits per heavy atom. The predicted octanol–water partition coefficient (Wildman–Crippen LogP) is 2.50. The third-order valence-electron chi connectivity index (χ3n) is 7.52. The lowest BCUT2D eigenvalue weighted by Gasteiger charge is -2.26. The van der Waals surface area contributed by atoms with E-state index in [1.807, 2.05) is 56.3 Å². The fourth-order valence-electron chi connectivity index (χ4n) is 5.26. The highest BCUT2D eigenvalue weighted by Crippen LogP contribution is 2.32. The smallest absolute Gasteiger partial charge is 0.338 e. The van der Waals surface area contributed by atoms with Crippen molar-refractivity contribution in [2.45, 2.75) is 26.8 Å². The van der Waals surface area contributed by atoms with Gasteiger partial charge in [-0.3, -0.25) is 14.2 Å². The Morgan fingerprint density at radius 3 is 2.44 bits per heavy atom. The molecule has 3 aromatic rings. The number of hydrogen-bond donors (Lipinski definition) is 0. The zero-order chi connectivity index (χ0) is 32.1. The summed E-state index contributed by atoms with van der Waals surface area (Å²) in [5.41, 5.74) is 3.05. The third-order valence-corrected chi connectivity index (χ3v) is 8.51. The molecule has 5 rings (SSSR count). The molecule has 45 heavy (non-hydrogen) atoms. The monoisotopic (exact) mass is 634 g/mol. The maximum atomic E-state index is 14.0. The Morgan fingerprint density at radius 1 is 1.04 bits per heavy atom. The Balaban J connectivity index is 1.51. The van der Waals surface area contributed by atoms with E-state index in [1.54, 1.807) is 41.5 Å². The van der Waals surface area contributed by atoms with Crippen molar-refractivity contribution >= 4 is 35.0 Å². The number of allylic oxidation sites excluding steroid dienone is 1. The molecule has 1 atom stereocenters. The molecule has 0 spiro atoms. The minimum atomic E-state index is -0.697. The molecule has 1 saturated heterocycles. The van der Waals surface area contributed by atoms with Gasteiger partial charge in [0.25, 0.3) is 11.5 Å². The molecule has 2 aromatic carbocycles. The van der Waals surface area contributed by atoms with Gasteiger partial charge in [-0.2, -0.15) is 0 Å². The topological polar surface area (TPSA) is 112 Å². The number of thiazole rings is 1. The molecule has 0 aliphatic carbocycles. The van der Waals surface area contributed by atoms with Crippen LogP contribution in [-0.4, -0.2) is 81.6 Å². The van der Waals surface area contributed by atoms with Crippen LogP contribution in [0.1, 0.15) is 37.9 Å². The number of anilines is 1. The minimum Gasteiger partial charge on any atom is -0.490 e. The number of rotatable bonds is 10. The van der Waals surface area contributed by atoms with Crippen molar-refractivity contribution in [2.75, 3.05) is 65.1 Å². The molecule has 0 unspecified atom stereocenters. The van der Waals surface area contributed by atoms with Crippen LogP contribution in [-0.2, 0) is 19.1 Å². The average molecular weight is 635 g/mol. The van der Waals surface area contributed by atoms with Gasteiger partial charge < -0.3 is 28.7 Å². The molecule has 12 heteroatoms. The number of fused-ring (bicyclic) bond motifs is 1. The summed E-state index contributed by atoms with van der Waals surface area (Å²) in [5, 5.41) is 0. The van der Waals surface area contributed by atoms with Crippen LogP contribution in [0.3, 0.4) is 0 Å². The van der Waals surface area contributed by atoms with Gasteiger partial charge in [-0.05, 0) is 62.2 Å². The van der Waals surface area contributed by atoms with Crippen LogP contribution in [0, 0.1) is 0 Å². The van der Waals surface area contributed by atoms with Crippen molar-refractivity contribution in [3.05, 3.63) is 84.5 Å². The number of carbonyl (C=O) groups excluding carboxylic acids is 2. The van der Waals surface area contributed by atoms with Gasteiger partial charge in [0.2, 0.25) is 0 Å². The number of ether oxygens (including phenoxy) is 4. The van der Waals surface area contributed by atoms with Crippen LogP contribution in [0.4, 0.5) is 5.69 Å². The highest BCUT2D eigenvalue weighted by Gasteiger charge is 2.33. The zero-order valence-electron chi connectivity index (χ0n) is 26.2. The van der Waals surface area contributed by atoms with Gasteiger partial charge in [0.1, 0.15) is 0 Å². The summed E-state index contributed by atoms with van der Waals surface area (Å²) in [5.74, 6) is 0.286. The van der Waals surface area contributed by atoms with Gasteiger partial charge >= 0.3 is 5.97 Å². The second kappa shape index (κ2) is 14.1. The van der Waals surface area contributed by atoms with Gasteiger partial charge in [-0.1, -0.05) is 29.5 Å². The molecule has 1 fully saturated rings. The van der Waals surface area contributed by atoms with Gasteiger partial charge in [0, 0.05) is 32.9 Å². The molecule has 0 N–H and O–H groups in total. The summed E-state index contributed by atoms with van der Waals surface area (Å²) in [6, 6.07) is 12.4. The van der Waals surface area contributed by atoms with E-state index >= 15 is 0 Å². The molecule has 1 amide bonds. The Labute approximate surface area is 265 Å². The molecule has 0 bridgehead atoms. The Bertz CT molecular complexity index is 1770. The standard InChI is InChI=1S/C33H38N4O7S/c1-6-42-26-18-22(8-13-25(26)44-20-28(38)36-14-16-41-17-15-36)19-27-31(39)37-30(23-9-11-24(12-10-23)35(4)5)29(32(40)43-7-2)21(3)34-33(37)45-27/h8-13,18-19,30H,6-7,14-17,20H2,1-5H3/b27-19+/t30-/m1/s1. The van der Waals surface area contributed by atoms with Crippen molar-refractivity contribution < 1.29 is 28.5 Å². The van der Waals surface area contributed by atoms with E-state index in [2.05, 4.69) is 4.99 Å². The number of esters is 1. The zero-order valence-corrected chi connectivity index (χ0v) is 27.0. The molecular weight excluding hydrogens is 596 g/mol. The van der Waals surface area contributed by atoms with E-state index in [0.29, 0.717) is 70.6 Å². The second-order valence-corrected chi connectivity index (χ2v) is 11.7. The molecule has 2 aliphatic rings. The van der Waals surface area contributed by atoms with Crippen molar-refractivity contribution in [3.63, 3.8) is 0 Å². The summed E-state index contributed by atoms with van der Waals surface area (Å²) in [6.07, 6.45) is 1.77. The van der Waals surface area contributed by atoms with E-state index in [-0.39, 0.29) is 24.7 Å². The predicted molar refractivity (Wildman–Crippen MR) is 172 cm³/mol. The first-order chi connectivity index (χ1) is 21.7. The van der Waals surface area contributed by atoms with Gasteiger partial charge in [-0.25, -0.2) is 9.79 Å². The normalized spacial score (nSPS) is 16.6. The van der Waals surface area contributed by atoms with Crippen LogP contribution in [0.15, 0.2) is 63.5 Å². The van der Waals surface area contributed by atoms with E-state index in [0.717, 1.165) is 11.3 Å². The first-order valence-corrected chi connectivity index (χ1v) is 15.8. The summed E-state index contributed by atoms with van der Waals surface area (Å²) in [4.78, 5) is 48.6. The number of carbonyl (C=O) groups is 2. The van der Waals surface area contributed by atoms with Crippen molar-refractivity contribution in [1.29, 1.82) is 0 Å². The molecule has 0 radical (unpaired) electrons. The van der Waals surface area contributed by atoms with E-state index in [4.69, 9.17) is 18.9 Å². The fraction of sp³-hybridized carbons (Fsp3) is 0.394. The van der Waals surface area contributed by atoms with Crippen LogP contribution in [0.5, 0.6) is 11.5 Å². The minimum absolute atomic E-state index is 0.115. The third kappa shape index (κ3) is 6.97. The van der Waals surface area contributed by atoms with Crippen LogP contribution >= 0.6 is 11.3 Å². The molecule has 2 aliphatic heterocycles. The number of hydrogen-bond acceptors (Lipinski definition) is 10. The van der Waals surface area contributed by atoms with Crippen molar-refractivity contribution in [3.8, 4) is 11.5 Å². The van der Waals surface area contributed by atoms with Crippen molar-refractivity contribution in [1.82, 2.24) is 9.47 Å². The Hall–Kier alpha value is -4.42. The van der Waals surface area contributed by atoms with Crippen LogP contribution in [0.2, 0.25) is 0 Å². The summed E-state index contributed by atoms with van der Waals surface area (Å²) < 4.78 is 24.4. The number of morpholine rings is 1. The maximum Gasteiger partial charge on any atom is 0.338 e. The lowest BCUT2D eigenvalue weighted by molar-refractivity contribution is -0.139. The molecule has 238 valence electrons. The summed E-state index contributed by atoms with van der Waals surface area (Å²) in [7, 11) is 3.90. The Kier molecular flexibility index (Phi) is 10.0. The highest BCUT2D eigenvalue weighted by molar-refractivity contribution is 7.07. The van der Waals surface area contributed by atoms with Gasteiger partial charge in [-0.15, -0.1) is 0 Å². The number of nitrogens with zero attached hydrogens (tertiary/aromatic N) is 4. The molecular formula is C33H38N4O7S. The van der Waals surface area contributed by atoms with Crippen molar-refractivity contribution in [2.24, 2.45) is 4.99 Å².